The van der Waals surface area contributed by atoms with Gasteiger partial charge in [-0.3, -0.25) is 0 Å². The first-order valence-corrected chi connectivity index (χ1v) is 5.31. The quantitative estimate of drug-likeness (QED) is 0.652. The maximum Gasteiger partial charge on any atom is 0.213 e. The van der Waals surface area contributed by atoms with Crippen molar-refractivity contribution >= 4 is 21.8 Å². The summed E-state index contributed by atoms with van der Waals surface area (Å²) in [5.74, 6) is 0.321. The predicted molar refractivity (Wildman–Crippen MR) is 64.8 cm³/mol. The molecule has 3 aromatic rings. The number of aryl methyl sites for hydroxylation is 1. The monoisotopic (exact) mass is 230 g/mol. The second kappa shape index (κ2) is 3.45. The van der Waals surface area contributed by atoms with Crippen molar-refractivity contribution in [1.29, 1.82) is 0 Å². The number of hydrogen-bond donors (Lipinski definition) is 1. The van der Waals surface area contributed by atoms with Gasteiger partial charge in [-0.05, 0) is 19.1 Å². The fourth-order valence-corrected chi connectivity index (χ4v) is 2.13. The Balaban J connectivity index is 2.45. The topological polar surface area (TPSA) is 37.9 Å². The summed E-state index contributed by atoms with van der Waals surface area (Å²) in [7, 11) is 1.62. The van der Waals surface area contributed by atoms with Gasteiger partial charge in [-0.15, -0.1) is 0 Å². The molecule has 17 heavy (non-hydrogen) atoms. The van der Waals surface area contributed by atoms with Gasteiger partial charge in [0.1, 0.15) is 5.75 Å². The van der Waals surface area contributed by atoms with Gasteiger partial charge in [-0.1, -0.05) is 0 Å². The molecule has 0 aliphatic heterocycles. The highest BCUT2D eigenvalue weighted by Gasteiger charge is 2.09. The number of benzene rings is 1. The Labute approximate surface area is 97.2 Å². The molecule has 0 aliphatic rings. The van der Waals surface area contributed by atoms with Crippen LogP contribution in [0.4, 0.5) is 4.39 Å². The number of aromatic nitrogens is 2. The zero-order valence-electron chi connectivity index (χ0n) is 9.54. The summed E-state index contributed by atoms with van der Waals surface area (Å²) in [5.41, 5.74) is 2.46. The molecule has 0 amide bonds. The van der Waals surface area contributed by atoms with Crippen molar-refractivity contribution in [3.05, 3.63) is 35.9 Å². The Hall–Kier alpha value is -2.10. The van der Waals surface area contributed by atoms with E-state index in [9.17, 15) is 4.39 Å². The van der Waals surface area contributed by atoms with E-state index in [0.29, 0.717) is 5.69 Å². The molecule has 0 aliphatic carbocycles. The first kappa shape index (κ1) is 10.1. The van der Waals surface area contributed by atoms with Gasteiger partial charge in [0, 0.05) is 22.9 Å². The van der Waals surface area contributed by atoms with Crippen molar-refractivity contribution in [2.24, 2.45) is 0 Å². The zero-order valence-corrected chi connectivity index (χ0v) is 9.54. The minimum Gasteiger partial charge on any atom is -0.497 e. The molecule has 1 N–H and O–H groups in total. The number of hydrogen-bond acceptors (Lipinski definition) is 2. The third-order valence-corrected chi connectivity index (χ3v) is 2.95. The minimum atomic E-state index is -0.452. The van der Waals surface area contributed by atoms with Crippen LogP contribution >= 0.6 is 0 Å². The van der Waals surface area contributed by atoms with Crippen molar-refractivity contribution in [3.8, 4) is 5.75 Å². The summed E-state index contributed by atoms with van der Waals surface area (Å²) >= 11 is 0. The largest absolute Gasteiger partial charge is 0.497 e. The third-order valence-electron chi connectivity index (χ3n) is 2.95. The Morgan fingerprint density at radius 2 is 2.06 bits per heavy atom. The number of rotatable bonds is 1. The van der Waals surface area contributed by atoms with Crippen molar-refractivity contribution in [1.82, 2.24) is 9.97 Å². The fraction of sp³-hybridized carbons (Fsp3) is 0.154. The summed E-state index contributed by atoms with van der Waals surface area (Å²) in [6, 6.07) is 7.13. The Bertz CT molecular complexity index is 718. The van der Waals surface area contributed by atoms with Gasteiger partial charge >= 0.3 is 0 Å². The van der Waals surface area contributed by atoms with Crippen molar-refractivity contribution in [2.45, 2.75) is 6.92 Å². The van der Waals surface area contributed by atoms with Crippen molar-refractivity contribution < 1.29 is 9.13 Å². The van der Waals surface area contributed by atoms with Crippen molar-refractivity contribution in [3.63, 3.8) is 0 Å². The molecule has 1 aromatic carbocycles. The SMILES string of the molecule is COc1ccc2c(c1)[nH]c1c(C)nc(F)cc12. The van der Waals surface area contributed by atoms with Crippen LogP contribution in [0.5, 0.6) is 5.75 Å². The number of H-pyrrole nitrogens is 1. The highest BCUT2D eigenvalue weighted by molar-refractivity contribution is 6.08. The number of fused-ring (bicyclic) bond motifs is 3. The molecule has 0 atom stereocenters. The minimum absolute atomic E-state index is 0.452. The second-order valence-electron chi connectivity index (χ2n) is 3.99. The molecule has 0 saturated carbocycles. The average Bonchev–Trinajstić information content (AvgIpc) is 2.67. The lowest BCUT2D eigenvalue weighted by atomic mass is 10.1. The van der Waals surface area contributed by atoms with Gasteiger partial charge in [0.2, 0.25) is 5.95 Å². The molecule has 0 spiro atoms. The van der Waals surface area contributed by atoms with Crippen LogP contribution in [0.25, 0.3) is 21.8 Å². The van der Waals surface area contributed by atoms with Crippen LogP contribution in [0.1, 0.15) is 5.69 Å². The number of ether oxygens (including phenoxy) is 1. The van der Waals surface area contributed by atoms with E-state index in [1.165, 1.54) is 6.07 Å². The number of nitrogens with zero attached hydrogens (tertiary/aromatic N) is 1. The van der Waals surface area contributed by atoms with E-state index in [-0.39, 0.29) is 0 Å². The summed E-state index contributed by atoms with van der Waals surface area (Å²) in [6.07, 6.45) is 0. The fourth-order valence-electron chi connectivity index (χ4n) is 2.13. The molecule has 2 aromatic heterocycles. The van der Waals surface area contributed by atoms with E-state index in [1.807, 2.05) is 18.2 Å². The van der Waals surface area contributed by atoms with E-state index in [4.69, 9.17) is 4.74 Å². The average molecular weight is 230 g/mol. The van der Waals surface area contributed by atoms with E-state index in [0.717, 1.165) is 27.6 Å². The summed E-state index contributed by atoms with van der Waals surface area (Å²) in [6.45, 7) is 1.79. The number of halogens is 1. The van der Waals surface area contributed by atoms with Gasteiger partial charge in [-0.2, -0.15) is 4.39 Å². The van der Waals surface area contributed by atoms with Crippen LogP contribution in [0, 0.1) is 12.9 Å². The lowest BCUT2D eigenvalue weighted by Crippen LogP contribution is -1.87. The lowest BCUT2D eigenvalue weighted by Gasteiger charge is -1.98. The molecule has 3 rings (SSSR count). The van der Waals surface area contributed by atoms with Crippen LogP contribution in [0.2, 0.25) is 0 Å². The Kier molecular flexibility index (Phi) is 2.04. The highest BCUT2D eigenvalue weighted by atomic mass is 19.1. The van der Waals surface area contributed by atoms with Crippen LogP contribution in [-0.2, 0) is 0 Å². The zero-order chi connectivity index (χ0) is 12.0. The molecular weight excluding hydrogens is 219 g/mol. The summed E-state index contributed by atoms with van der Waals surface area (Å²) in [4.78, 5) is 7.05. The van der Waals surface area contributed by atoms with E-state index < -0.39 is 5.95 Å². The maximum absolute atomic E-state index is 13.3. The standard InChI is InChI=1S/C13H11FN2O/c1-7-13-10(6-12(14)15-7)9-4-3-8(17-2)5-11(9)16-13/h3-6,16H,1-2H3. The lowest BCUT2D eigenvalue weighted by molar-refractivity contribution is 0.415. The van der Waals surface area contributed by atoms with Crippen LogP contribution in [0.15, 0.2) is 24.3 Å². The molecule has 0 saturated heterocycles. The van der Waals surface area contributed by atoms with E-state index in [1.54, 1.807) is 14.0 Å². The Morgan fingerprint density at radius 3 is 2.82 bits per heavy atom. The second-order valence-corrected chi connectivity index (χ2v) is 3.99. The van der Waals surface area contributed by atoms with Crippen molar-refractivity contribution in [2.75, 3.05) is 7.11 Å². The number of methoxy groups -OCH3 is 1. The van der Waals surface area contributed by atoms with Gasteiger partial charge in [-0.25, -0.2) is 4.98 Å². The molecule has 86 valence electrons. The van der Waals surface area contributed by atoms with Gasteiger partial charge in [0.05, 0.1) is 23.8 Å². The predicted octanol–water partition coefficient (Wildman–Crippen LogP) is 3.17. The maximum atomic E-state index is 13.3. The molecule has 2 heterocycles. The van der Waals surface area contributed by atoms with Crippen LogP contribution in [-0.4, -0.2) is 17.1 Å². The Morgan fingerprint density at radius 1 is 1.24 bits per heavy atom. The summed E-state index contributed by atoms with van der Waals surface area (Å²) in [5, 5.41) is 1.83. The molecule has 0 bridgehead atoms. The molecule has 0 radical (unpaired) electrons. The van der Waals surface area contributed by atoms with Crippen LogP contribution in [0.3, 0.4) is 0 Å². The van der Waals surface area contributed by atoms with Gasteiger partial charge < -0.3 is 9.72 Å². The van der Waals surface area contributed by atoms with Crippen LogP contribution < -0.4 is 4.74 Å². The third kappa shape index (κ3) is 1.45. The first-order chi connectivity index (χ1) is 8.19. The van der Waals surface area contributed by atoms with E-state index in [2.05, 4.69) is 9.97 Å². The molecule has 3 nitrogen and oxygen atoms in total. The number of nitrogens with one attached hydrogen (secondary N) is 1. The van der Waals surface area contributed by atoms with Gasteiger partial charge in [0.15, 0.2) is 0 Å². The first-order valence-electron chi connectivity index (χ1n) is 5.31. The molecule has 4 heteroatoms. The number of aromatic amines is 1. The molecule has 0 unspecified atom stereocenters. The van der Waals surface area contributed by atoms with Gasteiger partial charge in [0.25, 0.3) is 0 Å². The molecule has 0 fully saturated rings. The number of pyridine rings is 1. The smallest absolute Gasteiger partial charge is 0.213 e. The highest BCUT2D eigenvalue weighted by Crippen LogP contribution is 2.29. The molecular formula is C13H11FN2O. The van der Waals surface area contributed by atoms with E-state index >= 15 is 0 Å². The summed E-state index contributed by atoms with van der Waals surface area (Å²) < 4.78 is 18.5. The normalized spacial score (nSPS) is 11.2.